The Balaban J connectivity index is 1.21. The predicted molar refractivity (Wildman–Crippen MR) is 130 cm³/mol. The molecule has 0 unspecified atom stereocenters. The molecule has 0 radical (unpaired) electrons. The number of carbonyl (C=O) groups is 2. The summed E-state index contributed by atoms with van der Waals surface area (Å²) in [7, 11) is 1.91. The number of hydrogen-bond donors (Lipinski definition) is 2. The number of alkyl halides is 3. The molecule has 0 bridgehead atoms. The maximum atomic E-state index is 13.1. The van der Waals surface area contributed by atoms with E-state index in [2.05, 4.69) is 25.5 Å². The zero-order valence-corrected chi connectivity index (χ0v) is 20.6. The first-order chi connectivity index (χ1) is 17.2. The quantitative estimate of drug-likeness (QED) is 0.570. The van der Waals surface area contributed by atoms with Gasteiger partial charge in [-0.3, -0.25) is 14.5 Å². The summed E-state index contributed by atoms with van der Waals surface area (Å²) >= 11 is 0. The number of hydrogen-bond acceptors (Lipinski definition) is 6. The van der Waals surface area contributed by atoms with E-state index in [1.54, 1.807) is 0 Å². The van der Waals surface area contributed by atoms with Gasteiger partial charge in [0, 0.05) is 44.0 Å². The van der Waals surface area contributed by atoms with Crippen LogP contribution in [0.25, 0.3) is 10.9 Å². The molecule has 2 N–H and O–H groups in total. The van der Waals surface area contributed by atoms with Gasteiger partial charge in [-0.05, 0) is 50.3 Å². The van der Waals surface area contributed by atoms with Gasteiger partial charge >= 0.3 is 6.18 Å². The van der Waals surface area contributed by atoms with E-state index in [0.29, 0.717) is 24.0 Å². The van der Waals surface area contributed by atoms with Crippen molar-refractivity contribution in [1.29, 1.82) is 0 Å². The van der Waals surface area contributed by atoms with E-state index in [4.69, 9.17) is 0 Å². The molecule has 1 aliphatic carbocycles. The van der Waals surface area contributed by atoms with Gasteiger partial charge in [-0.2, -0.15) is 13.2 Å². The fraction of sp³-hybridized carbons (Fsp3) is 0.600. The monoisotopic (exact) mass is 506 g/mol. The van der Waals surface area contributed by atoms with Crippen LogP contribution in [0, 0.1) is 0 Å². The van der Waals surface area contributed by atoms with Crippen LogP contribution in [0.1, 0.15) is 51.0 Å². The molecule has 196 valence electrons. The van der Waals surface area contributed by atoms with Gasteiger partial charge in [0.15, 0.2) is 0 Å². The number of anilines is 1. The molecule has 2 heterocycles. The largest absolute Gasteiger partial charge is 0.416 e. The van der Waals surface area contributed by atoms with Crippen LogP contribution in [-0.4, -0.2) is 76.4 Å². The fourth-order valence-electron chi connectivity index (χ4n) is 5.12. The Kier molecular flexibility index (Phi) is 7.97. The van der Waals surface area contributed by atoms with Gasteiger partial charge in [0.25, 0.3) is 0 Å². The molecule has 4 rings (SSSR count). The second kappa shape index (κ2) is 11.0. The number of likely N-dealkylation sites (tertiary alicyclic amines) is 1. The van der Waals surface area contributed by atoms with Gasteiger partial charge in [0.05, 0.1) is 23.7 Å². The zero-order chi connectivity index (χ0) is 25.9. The third-order valence-corrected chi connectivity index (χ3v) is 7.24. The van der Waals surface area contributed by atoms with Crippen molar-refractivity contribution in [3.05, 3.63) is 30.1 Å². The van der Waals surface area contributed by atoms with Gasteiger partial charge in [-0.25, -0.2) is 9.97 Å². The molecule has 1 saturated carbocycles. The third kappa shape index (κ3) is 6.05. The number of benzene rings is 1. The summed E-state index contributed by atoms with van der Waals surface area (Å²) in [6.07, 6.45) is 2.31. The fourth-order valence-corrected chi connectivity index (χ4v) is 5.12. The standard InChI is InChI=1S/C25H33F3N6O2/c1-3-4-23(36)33(2)18-6-8-19(9-7-18)34-13-17(14-34)32-22(35)12-29-24-20-11-16(25(26,27)28)5-10-21(20)30-15-31-24/h5,10-11,15,17-19H,3-4,6-9,12-14H2,1-2H3,(H,32,35)(H,29,30,31)/t18-,19-. The lowest BCUT2D eigenvalue weighted by atomic mass is 9.87. The smallest absolute Gasteiger partial charge is 0.360 e. The van der Waals surface area contributed by atoms with E-state index < -0.39 is 11.7 Å². The SMILES string of the molecule is CCCC(=O)N(C)[C@H]1CC[C@H](N2CC(NC(=O)CNc3ncnc4ccc(C(F)(F)F)cc34)C2)CC1. The van der Waals surface area contributed by atoms with Crippen molar-refractivity contribution in [2.75, 3.05) is 32.0 Å². The number of aromatic nitrogens is 2. The average molecular weight is 507 g/mol. The molecule has 8 nitrogen and oxygen atoms in total. The van der Waals surface area contributed by atoms with Gasteiger partial charge < -0.3 is 15.5 Å². The average Bonchev–Trinajstić information content (AvgIpc) is 2.83. The van der Waals surface area contributed by atoms with Crippen LogP contribution in [0.4, 0.5) is 19.0 Å². The van der Waals surface area contributed by atoms with Crippen molar-refractivity contribution in [2.45, 2.75) is 69.8 Å². The van der Waals surface area contributed by atoms with Crippen molar-refractivity contribution in [1.82, 2.24) is 25.1 Å². The maximum Gasteiger partial charge on any atom is 0.416 e. The van der Waals surface area contributed by atoms with Crippen molar-refractivity contribution in [3.8, 4) is 0 Å². The van der Waals surface area contributed by atoms with Crippen molar-refractivity contribution in [2.24, 2.45) is 0 Å². The molecule has 36 heavy (non-hydrogen) atoms. The molecule has 0 atom stereocenters. The number of halogens is 3. The first kappa shape index (κ1) is 26.1. The van der Waals surface area contributed by atoms with Crippen LogP contribution in [0.2, 0.25) is 0 Å². The second-order valence-electron chi connectivity index (χ2n) is 9.74. The first-order valence-electron chi connectivity index (χ1n) is 12.5. The van der Waals surface area contributed by atoms with Crippen LogP contribution < -0.4 is 10.6 Å². The molecule has 1 aliphatic heterocycles. The molecule has 0 spiro atoms. The Morgan fingerprint density at radius 1 is 1.14 bits per heavy atom. The van der Waals surface area contributed by atoms with Gasteiger partial charge in [0.1, 0.15) is 12.1 Å². The van der Waals surface area contributed by atoms with Crippen LogP contribution in [0.3, 0.4) is 0 Å². The second-order valence-corrected chi connectivity index (χ2v) is 9.74. The minimum absolute atomic E-state index is 0.0461. The highest BCUT2D eigenvalue weighted by molar-refractivity contribution is 5.91. The topological polar surface area (TPSA) is 90.5 Å². The maximum absolute atomic E-state index is 13.1. The number of rotatable bonds is 8. The van der Waals surface area contributed by atoms with Crippen LogP contribution in [0.5, 0.6) is 0 Å². The molecule has 2 amide bonds. The Hall–Kier alpha value is -2.95. The molecule has 2 aliphatic rings. The summed E-state index contributed by atoms with van der Waals surface area (Å²) in [6.45, 7) is 3.47. The lowest BCUT2D eigenvalue weighted by Crippen LogP contribution is -2.63. The summed E-state index contributed by atoms with van der Waals surface area (Å²) in [5, 5.41) is 6.04. The van der Waals surface area contributed by atoms with E-state index >= 15 is 0 Å². The summed E-state index contributed by atoms with van der Waals surface area (Å²) in [4.78, 5) is 36.9. The molecule has 1 saturated heterocycles. The number of nitrogens with zero attached hydrogens (tertiary/aromatic N) is 4. The molecule has 2 aromatic rings. The molecule has 1 aromatic heterocycles. The number of fused-ring (bicyclic) bond motifs is 1. The summed E-state index contributed by atoms with van der Waals surface area (Å²) < 4.78 is 39.3. The lowest BCUT2D eigenvalue weighted by Gasteiger charge is -2.47. The predicted octanol–water partition coefficient (Wildman–Crippen LogP) is 3.43. The van der Waals surface area contributed by atoms with Crippen LogP contribution in [0.15, 0.2) is 24.5 Å². The minimum atomic E-state index is -4.48. The van der Waals surface area contributed by atoms with Crippen molar-refractivity contribution in [3.63, 3.8) is 0 Å². The molecule has 2 fully saturated rings. The Morgan fingerprint density at radius 3 is 2.53 bits per heavy atom. The Morgan fingerprint density at radius 2 is 1.86 bits per heavy atom. The van der Waals surface area contributed by atoms with Gasteiger partial charge in [-0.15, -0.1) is 0 Å². The van der Waals surface area contributed by atoms with Crippen LogP contribution >= 0.6 is 0 Å². The first-order valence-corrected chi connectivity index (χ1v) is 12.5. The van der Waals surface area contributed by atoms with E-state index in [1.807, 2.05) is 18.9 Å². The highest BCUT2D eigenvalue weighted by Crippen LogP contribution is 2.32. The van der Waals surface area contributed by atoms with E-state index in [9.17, 15) is 22.8 Å². The molecule has 11 heteroatoms. The van der Waals surface area contributed by atoms with E-state index in [-0.39, 0.29) is 35.6 Å². The number of nitrogens with one attached hydrogen (secondary N) is 2. The normalized spacial score (nSPS) is 21.1. The highest BCUT2D eigenvalue weighted by Gasteiger charge is 2.36. The van der Waals surface area contributed by atoms with Crippen molar-refractivity contribution >= 4 is 28.5 Å². The number of carbonyl (C=O) groups excluding carboxylic acids is 2. The van der Waals surface area contributed by atoms with E-state index in [0.717, 1.165) is 57.3 Å². The number of amides is 2. The van der Waals surface area contributed by atoms with Gasteiger partial charge in [0.2, 0.25) is 11.8 Å². The third-order valence-electron chi connectivity index (χ3n) is 7.24. The molecular weight excluding hydrogens is 473 g/mol. The minimum Gasteiger partial charge on any atom is -0.360 e. The highest BCUT2D eigenvalue weighted by atomic mass is 19.4. The van der Waals surface area contributed by atoms with E-state index in [1.165, 1.54) is 12.4 Å². The summed E-state index contributed by atoms with van der Waals surface area (Å²) in [5.41, 5.74) is -0.425. The van der Waals surface area contributed by atoms with Crippen molar-refractivity contribution < 1.29 is 22.8 Å². The Labute approximate surface area is 208 Å². The lowest BCUT2D eigenvalue weighted by molar-refractivity contribution is -0.137. The summed E-state index contributed by atoms with van der Waals surface area (Å²) in [5.74, 6) is 0.172. The van der Waals surface area contributed by atoms with Gasteiger partial charge in [-0.1, -0.05) is 6.92 Å². The Bertz CT molecular complexity index is 1080. The van der Waals surface area contributed by atoms with Crippen LogP contribution in [-0.2, 0) is 15.8 Å². The molecule has 1 aromatic carbocycles. The summed E-state index contributed by atoms with van der Waals surface area (Å²) in [6, 6.07) is 4.09. The zero-order valence-electron chi connectivity index (χ0n) is 20.6. The molecular formula is C25H33F3N6O2.